The van der Waals surface area contributed by atoms with Crippen molar-refractivity contribution in [3.05, 3.63) is 50.3 Å². The summed E-state index contributed by atoms with van der Waals surface area (Å²) in [5, 5.41) is 0. The molecule has 0 fully saturated rings. The zero-order valence-corrected chi connectivity index (χ0v) is 11.6. The number of benzene rings is 1. The number of nitrogens with zero attached hydrogens (tertiary/aromatic N) is 1. The van der Waals surface area contributed by atoms with E-state index in [1.54, 1.807) is 0 Å². The number of aromatic nitrogens is 2. The van der Waals surface area contributed by atoms with Crippen LogP contribution in [0.2, 0.25) is 0 Å². The molecule has 1 heterocycles. The molecule has 0 saturated carbocycles. The minimum Gasteiger partial charge on any atom is -0.330 e. The van der Waals surface area contributed by atoms with Gasteiger partial charge in [0.1, 0.15) is 5.82 Å². The Labute approximate surface area is 113 Å². The number of nitrogens with two attached hydrogens (primary N) is 1. The molecule has 1 aromatic carbocycles. The Bertz CT molecular complexity index is 622. The fourth-order valence-electron chi connectivity index (χ4n) is 1.80. The van der Waals surface area contributed by atoms with E-state index >= 15 is 0 Å². The summed E-state index contributed by atoms with van der Waals surface area (Å²) < 4.78 is 1.00. The van der Waals surface area contributed by atoms with Crippen LogP contribution in [0.1, 0.15) is 11.3 Å². The molecule has 18 heavy (non-hydrogen) atoms. The van der Waals surface area contributed by atoms with Gasteiger partial charge in [0.05, 0.1) is 0 Å². The fraction of sp³-hybridized carbons (Fsp3) is 0.231. The molecule has 0 aliphatic rings. The predicted octanol–water partition coefficient (Wildman–Crippen LogP) is 2.01. The Morgan fingerprint density at radius 1 is 1.39 bits per heavy atom. The highest BCUT2D eigenvalue weighted by molar-refractivity contribution is 9.10. The number of aryl methyl sites for hydroxylation is 1. The highest BCUT2D eigenvalue weighted by atomic mass is 79.9. The number of rotatable bonds is 3. The topological polar surface area (TPSA) is 71.8 Å². The zero-order chi connectivity index (χ0) is 13.1. The van der Waals surface area contributed by atoms with Gasteiger partial charge in [-0.1, -0.05) is 15.9 Å². The van der Waals surface area contributed by atoms with Crippen LogP contribution < -0.4 is 11.3 Å². The van der Waals surface area contributed by atoms with Crippen molar-refractivity contribution in [2.45, 2.75) is 13.3 Å². The maximum absolute atomic E-state index is 11.6. The second-order valence-corrected chi connectivity index (χ2v) is 5.00. The third-order valence-electron chi connectivity index (χ3n) is 2.64. The number of hydrogen-bond donors (Lipinski definition) is 2. The molecule has 5 heteroatoms. The molecule has 0 spiro atoms. The third kappa shape index (κ3) is 2.86. The van der Waals surface area contributed by atoms with Gasteiger partial charge in [-0.3, -0.25) is 4.79 Å². The molecule has 0 unspecified atom stereocenters. The van der Waals surface area contributed by atoms with Crippen molar-refractivity contribution in [3.63, 3.8) is 0 Å². The summed E-state index contributed by atoms with van der Waals surface area (Å²) in [4.78, 5) is 18.8. The molecular formula is C13H14BrN3O. The van der Waals surface area contributed by atoms with Gasteiger partial charge in [0.25, 0.3) is 5.56 Å². The largest absolute Gasteiger partial charge is 0.330 e. The lowest BCUT2D eigenvalue weighted by Gasteiger charge is -2.07. The van der Waals surface area contributed by atoms with Crippen LogP contribution in [0, 0.1) is 6.92 Å². The van der Waals surface area contributed by atoms with E-state index in [9.17, 15) is 4.79 Å². The molecule has 0 amide bonds. The van der Waals surface area contributed by atoms with Gasteiger partial charge in [0, 0.05) is 28.2 Å². The summed E-state index contributed by atoms with van der Waals surface area (Å²) in [6.45, 7) is 2.46. The van der Waals surface area contributed by atoms with Crippen molar-refractivity contribution in [2.75, 3.05) is 6.54 Å². The van der Waals surface area contributed by atoms with Gasteiger partial charge in [0.2, 0.25) is 0 Å². The standard InChI is InChI=1S/C13H14BrN3O/c1-8-6-9(14)2-3-11(8)13-16-10(4-5-15)7-12(18)17-13/h2-3,6-7H,4-5,15H2,1H3,(H,16,17,18). The number of aromatic amines is 1. The van der Waals surface area contributed by atoms with E-state index in [1.165, 1.54) is 6.07 Å². The van der Waals surface area contributed by atoms with E-state index in [0.717, 1.165) is 21.3 Å². The van der Waals surface area contributed by atoms with Crippen LogP contribution in [0.4, 0.5) is 0 Å². The van der Waals surface area contributed by atoms with E-state index in [1.807, 2.05) is 25.1 Å². The summed E-state index contributed by atoms with van der Waals surface area (Å²) in [5.74, 6) is 0.593. The average Bonchev–Trinajstić information content (AvgIpc) is 2.28. The molecule has 2 rings (SSSR count). The Morgan fingerprint density at radius 2 is 2.17 bits per heavy atom. The Morgan fingerprint density at radius 3 is 2.83 bits per heavy atom. The molecule has 0 radical (unpaired) electrons. The van der Waals surface area contributed by atoms with Crippen molar-refractivity contribution in [1.82, 2.24) is 9.97 Å². The monoisotopic (exact) mass is 307 g/mol. The first-order chi connectivity index (χ1) is 8.60. The molecule has 3 N–H and O–H groups in total. The first kappa shape index (κ1) is 13.0. The second-order valence-electron chi connectivity index (χ2n) is 4.08. The molecular weight excluding hydrogens is 294 g/mol. The molecule has 0 aliphatic heterocycles. The van der Waals surface area contributed by atoms with Gasteiger partial charge in [-0.2, -0.15) is 0 Å². The van der Waals surface area contributed by atoms with Crippen LogP contribution in [0.5, 0.6) is 0 Å². The number of halogens is 1. The first-order valence-corrected chi connectivity index (χ1v) is 6.46. The van der Waals surface area contributed by atoms with Crippen LogP contribution in [0.15, 0.2) is 33.5 Å². The smallest absolute Gasteiger partial charge is 0.251 e. The normalized spacial score (nSPS) is 10.6. The first-order valence-electron chi connectivity index (χ1n) is 5.67. The Balaban J connectivity index is 2.53. The van der Waals surface area contributed by atoms with Gasteiger partial charge >= 0.3 is 0 Å². The molecule has 2 aromatic rings. The van der Waals surface area contributed by atoms with E-state index in [0.29, 0.717) is 18.8 Å². The SMILES string of the molecule is Cc1cc(Br)ccc1-c1nc(CCN)cc(=O)[nH]1. The number of H-pyrrole nitrogens is 1. The summed E-state index contributed by atoms with van der Waals surface area (Å²) >= 11 is 3.41. The maximum atomic E-state index is 11.6. The highest BCUT2D eigenvalue weighted by Gasteiger charge is 2.07. The van der Waals surface area contributed by atoms with Gasteiger partial charge in [0.15, 0.2) is 0 Å². The summed E-state index contributed by atoms with van der Waals surface area (Å²) in [6, 6.07) is 7.34. The van der Waals surface area contributed by atoms with E-state index in [2.05, 4.69) is 25.9 Å². The minimum atomic E-state index is -0.147. The van der Waals surface area contributed by atoms with Crippen LogP contribution in [0.25, 0.3) is 11.4 Å². The van der Waals surface area contributed by atoms with Crippen LogP contribution in [-0.2, 0) is 6.42 Å². The molecule has 1 aromatic heterocycles. The van der Waals surface area contributed by atoms with Gasteiger partial charge < -0.3 is 10.7 Å². The molecule has 0 aliphatic carbocycles. The Kier molecular flexibility index (Phi) is 3.93. The molecule has 0 bridgehead atoms. The predicted molar refractivity (Wildman–Crippen MR) is 75.5 cm³/mol. The van der Waals surface area contributed by atoms with E-state index in [4.69, 9.17) is 5.73 Å². The van der Waals surface area contributed by atoms with Crippen molar-refractivity contribution < 1.29 is 0 Å². The maximum Gasteiger partial charge on any atom is 0.251 e. The van der Waals surface area contributed by atoms with Crippen LogP contribution >= 0.6 is 15.9 Å². The van der Waals surface area contributed by atoms with Gasteiger partial charge in [-0.15, -0.1) is 0 Å². The quantitative estimate of drug-likeness (QED) is 0.911. The molecule has 0 saturated heterocycles. The van der Waals surface area contributed by atoms with Gasteiger partial charge in [-0.25, -0.2) is 4.98 Å². The van der Waals surface area contributed by atoms with Crippen LogP contribution in [-0.4, -0.2) is 16.5 Å². The molecule has 4 nitrogen and oxygen atoms in total. The minimum absolute atomic E-state index is 0.147. The molecule has 0 atom stereocenters. The van der Waals surface area contributed by atoms with Crippen molar-refractivity contribution in [3.8, 4) is 11.4 Å². The summed E-state index contributed by atoms with van der Waals surface area (Å²) in [6.07, 6.45) is 0.604. The summed E-state index contributed by atoms with van der Waals surface area (Å²) in [7, 11) is 0. The fourth-order valence-corrected chi connectivity index (χ4v) is 2.28. The van der Waals surface area contributed by atoms with Gasteiger partial charge in [-0.05, 0) is 37.2 Å². The van der Waals surface area contributed by atoms with E-state index < -0.39 is 0 Å². The Hall–Kier alpha value is -1.46. The second kappa shape index (κ2) is 5.46. The lowest BCUT2D eigenvalue weighted by Crippen LogP contribution is -2.13. The van der Waals surface area contributed by atoms with Crippen LogP contribution in [0.3, 0.4) is 0 Å². The molecule has 94 valence electrons. The average molecular weight is 308 g/mol. The van der Waals surface area contributed by atoms with E-state index in [-0.39, 0.29) is 5.56 Å². The van der Waals surface area contributed by atoms with Crippen molar-refractivity contribution in [1.29, 1.82) is 0 Å². The lowest BCUT2D eigenvalue weighted by atomic mass is 10.1. The number of nitrogens with one attached hydrogen (secondary N) is 1. The van der Waals surface area contributed by atoms with Crippen molar-refractivity contribution >= 4 is 15.9 Å². The zero-order valence-electron chi connectivity index (χ0n) is 10.0. The highest BCUT2D eigenvalue weighted by Crippen LogP contribution is 2.22. The number of hydrogen-bond acceptors (Lipinski definition) is 3. The lowest BCUT2D eigenvalue weighted by molar-refractivity contribution is 0.905. The summed E-state index contributed by atoms with van der Waals surface area (Å²) in [5.41, 5.74) is 8.04. The van der Waals surface area contributed by atoms with Crippen molar-refractivity contribution in [2.24, 2.45) is 5.73 Å². The third-order valence-corrected chi connectivity index (χ3v) is 3.13.